The Balaban J connectivity index is 1.71. The van der Waals surface area contributed by atoms with Gasteiger partial charge in [-0.2, -0.15) is 0 Å². The molecule has 104 valence electrons. The number of aryl methyl sites for hydroxylation is 1. The monoisotopic (exact) mass is 292 g/mol. The maximum atomic E-state index is 4.35. The minimum atomic E-state index is 0.916. The van der Waals surface area contributed by atoms with E-state index in [0.29, 0.717) is 0 Å². The van der Waals surface area contributed by atoms with Crippen molar-refractivity contribution in [3.8, 4) is 11.3 Å². The van der Waals surface area contributed by atoms with Crippen LogP contribution in [0.5, 0.6) is 0 Å². The van der Waals surface area contributed by atoms with Crippen LogP contribution in [0.25, 0.3) is 11.3 Å². The summed E-state index contributed by atoms with van der Waals surface area (Å²) in [5, 5.41) is 9.63. The largest absolute Gasteiger partial charge is 0.149 e. The Hall–Kier alpha value is -2.13. The van der Waals surface area contributed by atoms with Crippen LogP contribution in [-0.4, -0.2) is 10.2 Å². The number of thioether (sulfide) groups is 1. The normalized spacial score (nSPS) is 10.5. The van der Waals surface area contributed by atoms with E-state index in [1.54, 1.807) is 11.8 Å². The van der Waals surface area contributed by atoms with Gasteiger partial charge < -0.3 is 0 Å². The molecule has 0 aliphatic carbocycles. The molecule has 0 bridgehead atoms. The third-order valence-electron chi connectivity index (χ3n) is 3.29. The summed E-state index contributed by atoms with van der Waals surface area (Å²) in [5.74, 6) is 0.916. The van der Waals surface area contributed by atoms with Crippen molar-refractivity contribution in [1.82, 2.24) is 10.2 Å². The first-order chi connectivity index (χ1) is 10.3. The minimum Gasteiger partial charge on any atom is -0.149 e. The fourth-order valence-corrected chi connectivity index (χ4v) is 2.90. The molecule has 3 rings (SSSR count). The highest BCUT2D eigenvalue weighted by atomic mass is 32.2. The molecular weight excluding hydrogens is 276 g/mol. The second-order valence-electron chi connectivity index (χ2n) is 4.85. The van der Waals surface area contributed by atoms with Crippen molar-refractivity contribution in [2.45, 2.75) is 17.7 Å². The lowest BCUT2D eigenvalue weighted by Crippen LogP contribution is -1.91. The van der Waals surface area contributed by atoms with Gasteiger partial charge in [-0.3, -0.25) is 0 Å². The number of nitrogens with zero attached hydrogens (tertiary/aromatic N) is 2. The summed E-state index contributed by atoms with van der Waals surface area (Å²) in [6.45, 7) is 2.09. The zero-order valence-electron chi connectivity index (χ0n) is 11.9. The number of hydrogen-bond donors (Lipinski definition) is 0. The highest BCUT2D eigenvalue weighted by molar-refractivity contribution is 7.98. The molecule has 0 radical (unpaired) electrons. The third kappa shape index (κ3) is 3.50. The number of rotatable bonds is 4. The summed E-state index contributed by atoms with van der Waals surface area (Å²) in [5.41, 5.74) is 4.59. The molecule has 1 heterocycles. The second-order valence-corrected chi connectivity index (χ2v) is 5.84. The van der Waals surface area contributed by atoms with Crippen LogP contribution in [0, 0.1) is 6.92 Å². The predicted octanol–water partition coefficient (Wildman–Crippen LogP) is 4.74. The van der Waals surface area contributed by atoms with Crippen LogP contribution in [0.2, 0.25) is 0 Å². The summed E-state index contributed by atoms with van der Waals surface area (Å²) in [6, 6.07) is 22.7. The van der Waals surface area contributed by atoms with E-state index in [-0.39, 0.29) is 0 Å². The second kappa shape index (κ2) is 6.55. The quantitative estimate of drug-likeness (QED) is 0.649. The Morgan fingerprint density at radius 3 is 2.29 bits per heavy atom. The van der Waals surface area contributed by atoms with Crippen molar-refractivity contribution in [2.75, 3.05) is 0 Å². The van der Waals surface area contributed by atoms with Crippen LogP contribution in [0.15, 0.2) is 71.8 Å². The first kappa shape index (κ1) is 13.8. The van der Waals surface area contributed by atoms with E-state index in [0.717, 1.165) is 22.0 Å². The third-order valence-corrected chi connectivity index (χ3v) is 4.28. The van der Waals surface area contributed by atoms with Crippen LogP contribution in [0.3, 0.4) is 0 Å². The van der Waals surface area contributed by atoms with E-state index >= 15 is 0 Å². The molecule has 0 aliphatic rings. The Morgan fingerprint density at radius 1 is 0.810 bits per heavy atom. The molecule has 0 N–H and O–H groups in total. The SMILES string of the molecule is Cc1ccccc1-c1ccc(SCc2ccccc2)nn1. The molecule has 0 fully saturated rings. The van der Waals surface area contributed by atoms with Gasteiger partial charge in [0.05, 0.1) is 5.69 Å². The van der Waals surface area contributed by atoms with Gasteiger partial charge in [0, 0.05) is 11.3 Å². The summed E-state index contributed by atoms with van der Waals surface area (Å²) in [7, 11) is 0. The molecule has 1 aromatic heterocycles. The van der Waals surface area contributed by atoms with Crippen molar-refractivity contribution in [1.29, 1.82) is 0 Å². The lowest BCUT2D eigenvalue weighted by Gasteiger charge is -2.05. The number of benzene rings is 2. The Labute approximate surface area is 129 Å². The predicted molar refractivity (Wildman–Crippen MR) is 88.2 cm³/mol. The van der Waals surface area contributed by atoms with Gasteiger partial charge in [0.15, 0.2) is 0 Å². The first-order valence-corrected chi connectivity index (χ1v) is 7.88. The molecule has 0 saturated heterocycles. The zero-order chi connectivity index (χ0) is 14.5. The minimum absolute atomic E-state index is 0.916. The van der Waals surface area contributed by atoms with E-state index in [1.165, 1.54) is 11.1 Å². The number of aromatic nitrogens is 2. The molecule has 0 spiro atoms. The molecule has 2 nitrogen and oxygen atoms in total. The van der Waals surface area contributed by atoms with Gasteiger partial charge in [0.1, 0.15) is 5.03 Å². The van der Waals surface area contributed by atoms with Gasteiger partial charge in [-0.1, -0.05) is 66.4 Å². The molecule has 21 heavy (non-hydrogen) atoms. The lowest BCUT2D eigenvalue weighted by atomic mass is 10.1. The average Bonchev–Trinajstić information content (AvgIpc) is 2.55. The number of hydrogen-bond acceptors (Lipinski definition) is 3. The van der Waals surface area contributed by atoms with E-state index in [1.807, 2.05) is 30.3 Å². The summed E-state index contributed by atoms with van der Waals surface area (Å²) in [4.78, 5) is 0. The molecular formula is C18H16N2S. The highest BCUT2D eigenvalue weighted by Crippen LogP contribution is 2.24. The van der Waals surface area contributed by atoms with Gasteiger partial charge in [-0.15, -0.1) is 10.2 Å². The standard InChI is InChI=1S/C18H16N2S/c1-14-7-5-6-10-16(14)17-11-12-18(20-19-17)21-13-15-8-3-2-4-9-15/h2-12H,13H2,1H3. The summed E-state index contributed by atoms with van der Waals surface area (Å²) < 4.78 is 0. The maximum Gasteiger partial charge on any atom is 0.119 e. The van der Waals surface area contributed by atoms with Crippen molar-refractivity contribution < 1.29 is 0 Å². The van der Waals surface area contributed by atoms with Crippen LogP contribution in [-0.2, 0) is 5.75 Å². The van der Waals surface area contributed by atoms with Crippen LogP contribution >= 0.6 is 11.8 Å². The first-order valence-electron chi connectivity index (χ1n) is 6.89. The van der Waals surface area contributed by atoms with Crippen LogP contribution in [0.1, 0.15) is 11.1 Å². The molecule has 0 unspecified atom stereocenters. The molecule has 0 saturated carbocycles. The van der Waals surface area contributed by atoms with Crippen molar-refractivity contribution in [3.63, 3.8) is 0 Å². The molecule has 0 amide bonds. The van der Waals surface area contributed by atoms with Crippen molar-refractivity contribution in [3.05, 3.63) is 77.9 Å². The fraction of sp³-hybridized carbons (Fsp3) is 0.111. The topological polar surface area (TPSA) is 25.8 Å². The van der Waals surface area contributed by atoms with E-state index in [9.17, 15) is 0 Å². The zero-order valence-corrected chi connectivity index (χ0v) is 12.7. The van der Waals surface area contributed by atoms with Gasteiger partial charge in [-0.25, -0.2) is 0 Å². The van der Waals surface area contributed by atoms with Gasteiger partial charge in [-0.05, 0) is 30.2 Å². The van der Waals surface area contributed by atoms with Crippen LogP contribution in [0.4, 0.5) is 0 Å². The molecule has 0 atom stereocenters. The fourth-order valence-electron chi connectivity index (χ4n) is 2.13. The van der Waals surface area contributed by atoms with E-state index < -0.39 is 0 Å². The highest BCUT2D eigenvalue weighted by Gasteiger charge is 2.04. The smallest absolute Gasteiger partial charge is 0.119 e. The Bertz CT molecular complexity index is 709. The van der Waals surface area contributed by atoms with Crippen molar-refractivity contribution in [2.24, 2.45) is 0 Å². The van der Waals surface area contributed by atoms with Gasteiger partial charge >= 0.3 is 0 Å². The van der Waals surface area contributed by atoms with Gasteiger partial charge in [0.2, 0.25) is 0 Å². The molecule has 2 aromatic carbocycles. The summed E-state index contributed by atoms with van der Waals surface area (Å²) >= 11 is 1.71. The van der Waals surface area contributed by atoms with Crippen molar-refractivity contribution >= 4 is 11.8 Å². The summed E-state index contributed by atoms with van der Waals surface area (Å²) in [6.07, 6.45) is 0. The molecule has 0 aliphatic heterocycles. The average molecular weight is 292 g/mol. The molecule has 3 aromatic rings. The lowest BCUT2D eigenvalue weighted by molar-refractivity contribution is 0.934. The molecule has 3 heteroatoms. The van der Waals surface area contributed by atoms with Gasteiger partial charge in [0.25, 0.3) is 0 Å². The Kier molecular flexibility index (Phi) is 4.31. The van der Waals surface area contributed by atoms with E-state index in [4.69, 9.17) is 0 Å². The van der Waals surface area contributed by atoms with E-state index in [2.05, 4.69) is 53.5 Å². The Morgan fingerprint density at radius 2 is 1.57 bits per heavy atom. The maximum absolute atomic E-state index is 4.35. The van der Waals surface area contributed by atoms with Crippen LogP contribution < -0.4 is 0 Å².